The van der Waals surface area contributed by atoms with Gasteiger partial charge in [0.1, 0.15) is 0 Å². The van der Waals surface area contributed by atoms with Crippen LogP contribution in [0, 0.1) is 13.8 Å². The van der Waals surface area contributed by atoms with Gasteiger partial charge in [-0.1, -0.05) is 29.8 Å². The van der Waals surface area contributed by atoms with Crippen molar-refractivity contribution in [2.75, 3.05) is 7.05 Å². The Morgan fingerprint density at radius 1 is 1.20 bits per heavy atom. The fourth-order valence-corrected chi connectivity index (χ4v) is 1.64. The van der Waals surface area contributed by atoms with Crippen molar-refractivity contribution in [3.63, 3.8) is 0 Å². The second-order valence-electron chi connectivity index (χ2n) is 4.35. The third kappa shape index (κ3) is 3.21. The van der Waals surface area contributed by atoms with Crippen molar-refractivity contribution >= 4 is 0 Å². The highest BCUT2D eigenvalue weighted by atomic mass is 14.9. The number of hydrogen-bond acceptors (Lipinski definition) is 1. The molecule has 1 N–H and O–H groups in total. The van der Waals surface area contributed by atoms with E-state index in [4.69, 9.17) is 0 Å². The minimum Gasteiger partial charge on any atom is -0.310 e. The molecule has 1 aromatic carbocycles. The van der Waals surface area contributed by atoms with Crippen molar-refractivity contribution in [1.29, 1.82) is 0 Å². The molecule has 0 aliphatic heterocycles. The molecule has 0 aliphatic carbocycles. The molecule has 15 heavy (non-hydrogen) atoms. The van der Waals surface area contributed by atoms with Gasteiger partial charge in [0.2, 0.25) is 0 Å². The predicted molar refractivity (Wildman–Crippen MR) is 67.1 cm³/mol. The third-order valence-electron chi connectivity index (χ3n) is 2.70. The summed E-state index contributed by atoms with van der Waals surface area (Å²) in [5.74, 6) is 0. The van der Waals surface area contributed by atoms with E-state index in [2.05, 4.69) is 57.3 Å². The highest BCUT2D eigenvalue weighted by molar-refractivity contribution is 5.33. The lowest BCUT2D eigenvalue weighted by atomic mass is 10.00. The maximum Gasteiger partial charge on any atom is 0.0506 e. The fourth-order valence-electron chi connectivity index (χ4n) is 1.64. The van der Waals surface area contributed by atoms with E-state index in [-0.39, 0.29) is 0 Å². The third-order valence-corrected chi connectivity index (χ3v) is 2.70. The van der Waals surface area contributed by atoms with Gasteiger partial charge in [0.05, 0.1) is 6.04 Å². The van der Waals surface area contributed by atoms with E-state index in [1.807, 2.05) is 7.05 Å². The molecule has 1 aromatic rings. The second kappa shape index (κ2) is 5.13. The van der Waals surface area contributed by atoms with Crippen LogP contribution >= 0.6 is 0 Å². The normalized spacial score (nSPS) is 12.3. The molecule has 0 amide bonds. The lowest BCUT2D eigenvalue weighted by Crippen LogP contribution is -2.14. The zero-order valence-electron chi connectivity index (χ0n) is 10.4. The highest BCUT2D eigenvalue weighted by Crippen LogP contribution is 2.19. The first-order valence-corrected chi connectivity index (χ1v) is 5.44. The quantitative estimate of drug-likeness (QED) is 0.741. The zero-order valence-corrected chi connectivity index (χ0v) is 10.4. The Balaban J connectivity index is 3.03. The van der Waals surface area contributed by atoms with Crippen molar-refractivity contribution < 1.29 is 0 Å². The van der Waals surface area contributed by atoms with Crippen LogP contribution in [0.25, 0.3) is 0 Å². The minimum atomic E-state index is 0.328. The SMILES string of the molecule is CNC(C=C(C)C)c1ccc(C)c(C)c1. The largest absolute Gasteiger partial charge is 0.310 e. The van der Waals surface area contributed by atoms with E-state index < -0.39 is 0 Å². The smallest absolute Gasteiger partial charge is 0.0506 e. The van der Waals surface area contributed by atoms with Gasteiger partial charge in [-0.3, -0.25) is 0 Å². The fraction of sp³-hybridized carbons (Fsp3) is 0.429. The van der Waals surface area contributed by atoms with E-state index in [9.17, 15) is 0 Å². The van der Waals surface area contributed by atoms with Gasteiger partial charge in [-0.05, 0) is 51.4 Å². The van der Waals surface area contributed by atoms with Crippen molar-refractivity contribution in [3.8, 4) is 0 Å². The summed E-state index contributed by atoms with van der Waals surface area (Å²) >= 11 is 0. The maximum absolute atomic E-state index is 3.32. The molecule has 1 nitrogen and oxygen atoms in total. The van der Waals surface area contributed by atoms with Gasteiger partial charge in [0.25, 0.3) is 0 Å². The molecule has 1 rings (SSSR count). The first kappa shape index (κ1) is 12.0. The first-order valence-electron chi connectivity index (χ1n) is 5.44. The average Bonchev–Trinajstić information content (AvgIpc) is 2.18. The number of nitrogens with one attached hydrogen (secondary N) is 1. The van der Waals surface area contributed by atoms with E-state index in [0.29, 0.717) is 6.04 Å². The summed E-state index contributed by atoms with van der Waals surface area (Å²) in [6.45, 7) is 8.57. The Labute approximate surface area is 93.2 Å². The van der Waals surface area contributed by atoms with Crippen LogP contribution in [-0.2, 0) is 0 Å². The van der Waals surface area contributed by atoms with Crippen LogP contribution in [0.15, 0.2) is 29.8 Å². The Bertz CT molecular complexity index is 360. The minimum absolute atomic E-state index is 0.328. The van der Waals surface area contributed by atoms with Gasteiger partial charge in [-0.15, -0.1) is 0 Å². The van der Waals surface area contributed by atoms with Crippen molar-refractivity contribution in [1.82, 2.24) is 5.32 Å². The molecule has 82 valence electrons. The van der Waals surface area contributed by atoms with Crippen molar-refractivity contribution in [3.05, 3.63) is 46.5 Å². The number of allylic oxidation sites excluding steroid dienone is 1. The summed E-state index contributed by atoms with van der Waals surface area (Å²) in [6, 6.07) is 6.97. The maximum atomic E-state index is 3.32. The van der Waals surface area contributed by atoms with Crippen LogP contribution in [0.3, 0.4) is 0 Å². The van der Waals surface area contributed by atoms with Crippen LogP contribution in [0.2, 0.25) is 0 Å². The Hall–Kier alpha value is -1.08. The van der Waals surface area contributed by atoms with E-state index in [1.54, 1.807) is 0 Å². The molecule has 0 saturated heterocycles. The van der Waals surface area contributed by atoms with Crippen molar-refractivity contribution in [2.24, 2.45) is 0 Å². The Morgan fingerprint density at radius 3 is 2.33 bits per heavy atom. The summed E-state index contributed by atoms with van der Waals surface area (Å²) in [5.41, 5.74) is 5.38. The van der Waals surface area contributed by atoms with Gasteiger partial charge in [0, 0.05) is 0 Å². The summed E-state index contributed by atoms with van der Waals surface area (Å²) in [4.78, 5) is 0. The molecule has 0 fully saturated rings. The molecule has 0 saturated carbocycles. The lowest BCUT2D eigenvalue weighted by molar-refractivity contribution is 0.709. The molecule has 0 radical (unpaired) electrons. The zero-order chi connectivity index (χ0) is 11.4. The van der Waals surface area contributed by atoms with E-state index >= 15 is 0 Å². The van der Waals surface area contributed by atoms with Crippen LogP contribution < -0.4 is 5.32 Å². The van der Waals surface area contributed by atoms with Gasteiger partial charge >= 0.3 is 0 Å². The van der Waals surface area contributed by atoms with Crippen molar-refractivity contribution in [2.45, 2.75) is 33.7 Å². The Kier molecular flexibility index (Phi) is 4.10. The molecule has 0 heterocycles. The molecule has 1 atom stereocenters. The van der Waals surface area contributed by atoms with Crippen LogP contribution in [0.4, 0.5) is 0 Å². The number of aryl methyl sites for hydroxylation is 2. The van der Waals surface area contributed by atoms with E-state index in [0.717, 1.165) is 0 Å². The topological polar surface area (TPSA) is 12.0 Å². The van der Waals surface area contributed by atoms with E-state index in [1.165, 1.54) is 22.3 Å². The molecular weight excluding hydrogens is 182 g/mol. The number of hydrogen-bond donors (Lipinski definition) is 1. The lowest BCUT2D eigenvalue weighted by Gasteiger charge is -2.14. The van der Waals surface area contributed by atoms with Gasteiger partial charge in [-0.2, -0.15) is 0 Å². The van der Waals surface area contributed by atoms with Gasteiger partial charge in [0.15, 0.2) is 0 Å². The molecule has 0 aliphatic rings. The average molecular weight is 203 g/mol. The van der Waals surface area contributed by atoms with Gasteiger partial charge < -0.3 is 5.32 Å². The number of rotatable bonds is 3. The summed E-state index contributed by atoms with van der Waals surface area (Å²) < 4.78 is 0. The molecule has 1 unspecified atom stereocenters. The standard InChI is InChI=1S/C14H21N/c1-10(2)8-14(15-5)13-7-6-11(3)12(4)9-13/h6-9,14-15H,1-5H3. The molecular formula is C14H21N. The van der Waals surface area contributed by atoms with Crippen LogP contribution in [0.5, 0.6) is 0 Å². The molecule has 1 heteroatoms. The first-order chi connectivity index (χ1) is 7.04. The predicted octanol–water partition coefficient (Wildman–Crippen LogP) is 3.53. The highest BCUT2D eigenvalue weighted by Gasteiger charge is 2.06. The Morgan fingerprint density at radius 2 is 1.87 bits per heavy atom. The van der Waals surface area contributed by atoms with Gasteiger partial charge in [-0.25, -0.2) is 0 Å². The molecule has 0 spiro atoms. The second-order valence-corrected chi connectivity index (χ2v) is 4.35. The summed E-state index contributed by atoms with van der Waals surface area (Å²) in [5, 5.41) is 3.32. The summed E-state index contributed by atoms with van der Waals surface area (Å²) in [7, 11) is 2.00. The monoisotopic (exact) mass is 203 g/mol. The number of likely N-dealkylation sites (N-methyl/N-ethyl adjacent to an activating group) is 1. The molecule has 0 bridgehead atoms. The summed E-state index contributed by atoms with van der Waals surface area (Å²) in [6.07, 6.45) is 2.25. The molecule has 0 aromatic heterocycles. The van der Waals surface area contributed by atoms with Crippen LogP contribution in [0.1, 0.15) is 36.6 Å². The number of benzene rings is 1. The van der Waals surface area contributed by atoms with Crippen LogP contribution in [-0.4, -0.2) is 7.05 Å².